The molecule has 9 heteroatoms. The van der Waals surface area contributed by atoms with Crippen LogP contribution in [0.1, 0.15) is 31.4 Å². The average molecular weight is 324 g/mol. The lowest BCUT2D eigenvalue weighted by molar-refractivity contribution is -0.152. The van der Waals surface area contributed by atoms with Crippen LogP contribution in [-0.4, -0.2) is 61.5 Å². The van der Waals surface area contributed by atoms with Crippen molar-refractivity contribution in [1.29, 1.82) is 0 Å². The van der Waals surface area contributed by atoms with Gasteiger partial charge in [-0.25, -0.2) is 0 Å². The zero-order valence-corrected chi connectivity index (χ0v) is 12.6. The Hall–Kier alpha value is -2.45. The van der Waals surface area contributed by atoms with Crippen molar-refractivity contribution < 1.29 is 24.6 Å². The molecule has 1 aliphatic heterocycles. The van der Waals surface area contributed by atoms with E-state index in [1.165, 1.54) is 4.90 Å². The number of hydrogen-bond donors (Lipinski definition) is 3. The van der Waals surface area contributed by atoms with Crippen LogP contribution in [0.5, 0.6) is 0 Å². The van der Waals surface area contributed by atoms with Gasteiger partial charge in [0.2, 0.25) is 5.91 Å². The van der Waals surface area contributed by atoms with Gasteiger partial charge in [0.25, 0.3) is 0 Å². The van der Waals surface area contributed by atoms with Crippen molar-refractivity contribution in [2.45, 2.75) is 32.1 Å². The van der Waals surface area contributed by atoms with Gasteiger partial charge in [0.15, 0.2) is 0 Å². The van der Waals surface area contributed by atoms with Gasteiger partial charge in [-0.15, -0.1) is 0 Å². The number of aryl methyl sites for hydroxylation is 1. The van der Waals surface area contributed by atoms with Crippen molar-refractivity contribution in [2.75, 3.05) is 13.1 Å². The Morgan fingerprint density at radius 2 is 1.83 bits per heavy atom. The van der Waals surface area contributed by atoms with Gasteiger partial charge in [-0.1, -0.05) is 0 Å². The van der Waals surface area contributed by atoms with Crippen LogP contribution in [0.4, 0.5) is 0 Å². The van der Waals surface area contributed by atoms with Crippen molar-refractivity contribution in [3.8, 4) is 0 Å². The molecule has 0 bridgehead atoms. The van der Waals surface area contributed by atoms with Gasteiger partial charge in [-0.3, -0.25) is 14.4 Å². The number of carbonyl (C=O) groups is 3. The zero-order valence-electron chi connectivity index (χ0n) is 12.6. The number of unbranched alkanes of at least 4 members (excludes halogenated alkanes) is 1. The van der Waals surface area contributed by atoms with Crippen LogP contribution in [0.2, 0.25) is 0 Å². The summed E-state index contributed by atoms with van der Waals surface area (Å²) in [4.78, 5) is 35.8. The minimum atomic E-state index is -1.06. The number of aliphatic carboxylic acids is 2. The number of H-pyrrole nitrogens is 1. The van der Waals surface area contributed by atoms with Gasteiger partial charge in [-0.2, -0.15) is 15.4 Å². The third kappa shape index (κ3) is 4.76. The summed E-state index contributed by atoms with van der Waals surface area (Å²) in [5.74, 6) is -3.94. The SMILES string of the molecule is O=C(O)C1CC(C(=O)O)CN(C(=O)CCCCc2cn[nH]n2)C1. The molecule has 1 aliphatic rings. The first-order valence-electron chi connectivity index (χ1n) is 7.55. The van der Waals surface area contributed by atoms with Gasteiger partial charge in [0.05, 0.1) is 23.7 Å². The number of nitrogens with one attached hydrogen (secondary N) is 1. The lowest BCUT2D eigenvalue weighted by Gasteiger charge is -2.34. The molecule has 2 unspecified atom stereocenters. The lowest BCUT2D eigenvalue weighted by atomic mass is 9.89. The fourth-order valence-corrected chi connectivity index (χ4v) is 2.75. The lowest BCUT2D eigenvalue weighted by Crippen LogP contribution is -2.48. The summed E-state index contributed by atoms with van der Waals surface area (Å²) in [6.45, 7) is 0.169. The predicted octanol–water partition coefficient (Wildman–Crippen LogP) is 0.151. The van der Waals surface area contributed by atoms with E-state index in [1.54, 1.807) is 6.20 Å². The number of carboxylic acid groups (broad SMARTS) is 2. The molecule has 0 aliphatic carbocycles. The molecule has 1 amide bonds. The quantitative estimate of drug-likeness (QED) is 0.607. The van der Waals surface area contributed by atoms with E-state index in [4.69, 9.17) is 10.2 Å². The van der Waals surface area contributed by atoms with E-state index in [-0.39, 0.29) is 31.8 Å². The molecule has 126 valence electrons. The summed E-state index contributed by atoms with van der Waals surface area (Å²) in [6, 6.07) is 0. The van der Waals surface area contributed by atoms with Crippen molar-refractivity contribution in [2.24, 2.45) is 11.8 Å². The number of nitrogens with zero attached hydrogens (tertiary/aromatic N) is 3. The molecule has 23 heavy (non-hydrogen) atoms. The first kappa shape index (κ1) is 16.9. The topological polar surface area (TPSA) is 136 Å². The Morgan fingerprint density at radius 1 is 1.17 bits per heavy atom. The second-order valence-corrected chi connectivity index (χ2v) is 5.77. The van der Waals surface area contributed by atoms with Crippen LogP contribution < -0.4 is 0 Å². The largest absolute Gasteiger partial charge is 0.481 e. The van der Waals surface area contributed by atoms with E-state index in [0.29, 0.717) is 12.8 Å². The normalized spacial score (nSPS) is 21.1. The van der Waals surface area contributed by atoms with Crippen molar-refractivity contribution in [3.63, 3.8) is 0 Å². The molecule has 2 atom stereocenters. The Bertz CT molecular complexity index is 538. The molecule has 2 heterocycles. The van der Waals surface area contributed by atoms with E-state index < -0.39 is 23.8 Å². The van der Waals surface area contributed by atoms with Crippen LogP contribution in [0, 0.1) is 11.8 Å². The van der Waals surface area contributed by atoms with Crippen LogP contribution in [0.3, 0.4) is 0 Å². The first-order chi connectivity index (χ1) is 11.0. The van der Waals surface area contributed by atoms with E-state index in [9.17, 15) is 14.4 Å². The Balaban J connectivity index is 1.81. The molecular formula is C14H20N4O5. The third-order valence-electron chi connectivity index (χ3n) is 4.04. The number of rotatable bonds is 7. The van der Waals surface area contributed by atoms with E-state index in [1.807, 2.05) is 0 Å². The molecule has 0 spiro atoms. The van der Waals surface area contributed by atoms with Gasteiger partial charge >= 0.3 is 11.9 Å². The number of likely N-dealkylation sites (tertiary alicyclic amines) is 1. The molecule has 1 aromatic rings. The summed E-state index contributed by atoms with van der Waals surface area (Å²) in [7, 11) is 0. The minimum Gasteiger partial charge on any atom is -0.481 e. The number of carboxylic acids is 2. The molecule has 1 aromatic heterocycles. The van der Waals surface area contributed by atoms with Crippen molar-refractivity contribution in [1.82, 2.24) is 20.3 Å². The van der Waals surface area contributed by atoms with E-state index in [0.717, 1.165) is 12.1 Å². The molecule has 3 N–H and O–H groups in total. The highest BCUT2D eigenvalue weighted by Crippen LogP contribution is 2.23. The molecule has 0 aromatic carbocycles. The van der Waals surface area contributed by atoms with Crippen LogP contribution >= 0.6 is 0 Å². The standard InChI is InChI=1S/C14H20N4O5/c19-12(4-2-1-3-11-6-15-17-16-11)18-7-9(13(20)21)5-10(8-18)14(22)23/h6,9-10H,1-5,7-8H2,(H,20,21)(H,22,23)(H,15,16,17). The van der Waals surface area contributed by atoms with Crippen LogP contribution in [0.25, 0.3) is 0 Å². The maximum atomic E-state index is 12.2. The Labute approximate surface area is 132 Å². The van der Waals surface area contributed by atoms with Crippen molar-refractivity contribution >= 4 is 17.8 Å². The molecule has 0 radical (unpaired) electrons. The first-order valence-corrected chi connectivity index (χ1v) is 7.55. The van der Waals surface area contributed by atoms with Gasteiger partial charge in [0, 0.05) is 19.5 Å². The van der Waals surface area contributed by atoms with Crippen molar-refractivity contribution in [3.05, 3.63) is 11.9 Å². The minimum absolute atomic E-state index is 0.0700. The zero-order chi connectivity index (χ0) is 16.8. The monoisotopic (exact) mass is 324 g/mol. The fourth-order valence-electron chi connectivity index (χ4n) is 2.75. The maximum absolute atomic E-state index is 12.2. The Morgan fingerprint density at radius 3 is 2.35 bits per heavy atom. The maximum Gasteiger partial charge on any atom is 0.308 e. The number of aromatic nitrogens is 3. The predicted molar refractivity (Wildman–Crippen MR) is 77.4 cm³/mol. The number of carbonyl (C=O) groups excluding carboxylic acids is 1. The fraction of sp³-hybridized carbons (Fsp3) is 0.643. The smallest absolute Gasteiger partial charge is 0.308 e. The average Bonchev–Trinajstić information content (AvgIpc) is 3.04. The van der Waals surface area contributed by atoms with E-state index >= 15 is 0 Å². The molecule has 2 rings (SSSR count). The number of aromatic amines is 1. The molecule has 1 saturated heterocycles. The summed E-state index contributed by atoms with van der Waals surface area (Å²) in [5.41, 5.74) is 0.826. The second kappa shape index (κ2) is 7.70. The molecule has 9 nitrogen and oxygen atoms in total. The van der Waals surface area contributed by atoms with Crippen LogP contribution in [-0.2, 0) is 20.8 Å². The number of hydrogen-bond acceptors (Lipinski definition) is 5. The third-order valence-corrected chi connectivity index (χ3v) is 4.04. The summed E-state index contributed by atoms with van der Waals surface area (Å²) >= 11 is 0. The highest BCUT2D eigenvalue weighted by atomic mass is 16.4. The molecule has 1 fully saturated rings. The van der Waals surface area contributed by atoms with Gasteiger partial charge < -0.3 is 15.1 Å². The summed E-state index contributed by atoms with van der Waals surface area (Å²) in [6.07, 6.45) is 4.08. The highest BCUT2D eigenvalue weighted by Gasteiger charge is 2.36. The van der Waals surface area contributed by atoms with Gasteiger partial charge in [-0.05, 0) is 25.7 Å². The Kier molecular flexibility index (Phi) is 5.67. The van der Waals surface area contributed by atoms with Crippen LogP contribution in [0.15, 0.2) is 6.20 Å². The van der Waals surface area contributed by atoms with E-state index in [2.05, 4.69) is 15.4 Å². The number of amides is 1. The summed E-state index contributed by atoms with van der Waals surface area (Å²) in [5, 5.41) is 28.4. The second-order valence-electron chi connectivity index (χ2n) is 5.77. The number of piperidine rings is 1. The van der Waals surface area contributed by atoms with Gasteiger partial charge in [0.1, 0.15) is 0 Å². The molecule has 0 saturated carbocycles. The summed E-state index contributed by atoms with van der Waals surface area (Å²) < 4.78 is 0. The molecular weight excluding hydrogens is 304 g/mol. The highest BCUT2D eigenvalue weighted by molar-refractivity contribution is 5.80.